The standard InChI is InChI=1S/C12H17NO/c14-10-12-6-7-13(9-12)8-11-4-2-1-3-5-11/h6-7,9-11H,1-5,8H2. The van der Waals surface area contributed by atoms with Gasteiger partial charge in [-0.3, -0.25) is 4.79 Å². The van der Waals surface area contributed by atoms with Gasteiger partial charge in [0.2, 0.25) is 0 Å². The van der Waals surface area contributed by atoms with Gasteiger partial charge >= 0.3 is 0 Å². The molecule has 1 saturated carbocycles. The minimum Gasteiger partial charge on any atom is -0.353 e. The van der Waals surface area contributed by atoms with E-state index in [9.17, 15) is 4.79 Å². The molecule has 0 atom stereocenters. The second kappa shape index (κ2) is 4.45. The Labute approximate surface area is 84.9 Å². The molecule has 0 aromatic carbocycles. The molecule has 14 heavy (non-hydrogen) atoms. The third-order valence-electron chi connectivity index (χ3n) is 3.10. The number of hydrogen-bond acceptors (Lipinski definition) is 1. The second-order valence-electron chi connectivity index (χ2n) is 4.26. The number of carbonyl (C=O) groups excluding carboxylic acids is 1. The minimum absolute atomic E-state index is 0.792. The maximum absolute atomic E-state index is 10.5. The van der Waals surface area contributed by atoms with E-state index in [1.807, 2.05) is 18.5 Å². The molecule has 1 aliphatic carbocycles. The lowest BCUT2D eigenvalue weighted by Gasteiger charge is -2.21. The highest BCUT2D eigenvalue weighted by Crippen LogP contribution is 2.25. The van der Waals surface area contributed by atoms with Crippen molar-refractivity contribution in [2.45, 2.75) is 38.6 Å². The number of aromatic nitrogens is 1. The van der Waals surface area contributed by atoms with Crippen molar-refractivity contribution in [3.05, 3.63) is 24.0 Å². The molecule has 0 spiro atoms. The zero-order valence-electron chi connectivity index (χ0n) is 8.48. The summed E-state index contributed by atoms with van der Waals surface area (Å²) in [6.45, 7) is 1.09. The van der Waals surface area contributed by atoms with E-state index >= 15 is 0 Å². The first-order valence-electron chi connectivity index (χ1n) is 5.49. The highest BCUT2D eigenvalue weighted by molar-refractivity contribution is 5.74. The van der Waals surface area contributed by atoms with Gasteiger partial charge in [0.25, 0.3) is 0 Å². The second-order valence-corrected chi connectivity index (χ2v) is 4.26. The van der Waals surface area contributed by atoms with Gasteiger partial charge in [0.1, 0.15) is 0 Å². The first-order chi connectivity index (χ1) is 6.88. The Bertz CT molecular complexity index is 297. The van der Waals surface area contributed by atoms with Crippen molar-refractivity contribution >= 4 is 6.29 Å². The van der Waals surface area contributed by atoms with Crippen molar-refractivity contribution in [3.8, 4) is 0 Å². The van der Waals surface area contributed by atoms with Crippen LogP contribution in [0.25, 0.3) is 0 Å². The zero-order chi connectivity index (χ0) is 9.80. The van der Waals surface area contributed by atoms with Crippen LogP contribution in [-0.4, -0.2) is 10.9 Å². The maximum Gasteiger partial charge on any atom is 0.151 e. The molecule has 2 rings (SSSR count). The molecule has 1 aliphatic rings. The summed E-state index contributed by atoms with van der Waals surface area (Å²) in [4.78, 5) is 10.5. The molecule has 1 heterocycles. The summed E-state index contributed by atoms with van der Waals surface area (Å²) in [5.74, 6) is 0.829. The van der Waals surface area contributed by atoms with E-state index in [2.05, 4.69) is 4.57 Å². The van der Waals surface area contributed by atoms with Crippen molar-refractivity contribution in [3.63, 3.8) is 0 Å². The van der Waals surface area contributed by atoms with Crippen molar-refractivity contribution in [1.82, 2.24) is 4.57 Å². The third kappa shape index (κ3) is 2.25. The lowest BCUT2D eigenvalue weighted by atomic mass is 9.89. The smallest absolute Gasteiger partial charge is 0.151 e. The quantitative estimate of drug-likeness (QED) is 0.673. The van der Waals surface area contributed by atoms with E-state index in [-0.39, 0.29) is 0 Å². The first kappa shape index (κ1) is 9.50. The lowest BCUT2D eigenvalue weighted by molar-refractivity contribution is 0.112. The Morgan fingerprint density at radius 2 is 2.14 bits per heavy atom. The predicted octanol–water partition coefficient (Wildman–Crippen LogP) is 2.88. The molecular formula is C12H17NO. The molecule has 2 heteroatoms. The van der Waals surface area contributed by atoms with Crippen molar-refractivity contribution in [2.75, 3.05) is 0 Å². The average Bonchev–Trinajstić information content (AvgIpc) is 2.67. The number of carbonyl (C=O) groups is 1. The molecule has 0 unspecified atom stereocenters. The Kier molecular flexibility index (Phi) is 3.02. The van der Waals surface area contributed by atoms with Gasteiger partial charge in [-0.15, -0.1) is 0 Å². The number of aldehydes is 1. The van der Waals surface area contributed by atoms with E-state index < -0.39 is 0 Å². The fraction of sp³-hybridized carbons (Fsp3) is 0.583. The van der Waals surface area contributed by atoms with Crippen LogP contribution in [0.2, 0.25) is 0 Å². The van der Waals surface area contributed by atoms with Gasteiger partial charge in [-0.05, 0) is 24.8 Å². The normalized spacial score (nSPS) is 18.3. The molecular weight excluding hydrogens is 174 g/mol. The maximum atomic E-state index is 10.5. The molecule has 0 amide bonds. The fourth-order valence-corrected chi connectivity index (χ4v) is 2.31. The van der Waals surface area contributed by atoms with Crippen molar-refractivity contribution in [2.24, 2.45) is 5.92 Å². The average molecular weight is 191 g/mol. The Morgan fingerprint density at radius 1 is 1.36 bits per heavy atom. The lowest BCUT2D eigenvalue weighted by Crippen LogP contribution is -2.12. The number of nitrogens with zero attached hydrogens (tertiary/aromatic N) is 1. The topological polar surface area (TPSA) is 22.0 Å². The van der Waals surface area contributed by atoms with Gasteiger partial charge in [0, 0.05) is 24.5 Å². The van der Waals surface area contributed by atoms with Gasteiger partial charge in [-0.2, -0.15) is 0 Å². The summed E-state index contributed by atoms with van der Waals surface area (Å²) in [6, 6.07) is 1.88. The van der Waals surface area contributed by atoms with E-state index in [4.69, 9.17) is 0 Å². The molecule has 0 radical (unpaired) electrons. The van der Waals surface area contributed by atoms with Crippen LogP contribution in [0.15, 0.2) is 18.5 Å². The van der Waals surface area contributed by atoms with Crippen molar-refractivity contribution in [1.29, 1.82) is 0 Å². The summed E-state index contributed by atoms with van der Waals surface area (Å²) >= 11 is 0. The Balaban J connectivity index is 1.92. The van der Waals surface area contributed by atoms with Gasteiger partial charge in [-0.1, -0.05) is 19.3 Å². The highest BCUT2D eigenvalue weighted by atomic mass is 16.1. The largest absolute Gasteiger partial charge is 0.353 e. The van der Waals surface area contributed by atoms with Gasteiger partial charge < -0.3 is 4.57 Å². The molecule has 1 fully saturated rings. The zero-order valence-corrected chi connectivity index (χ0v) is 8.48. The summed E-state index contributed by atoms with van der Waals surface area (Å²) in [5.41, 5.74) is 0.792. The van der Waals surface area contributed by atoms with Gasteiger partial charge in [0.15, 0.2) is 6.29 Å². The van der Waals surface area contributed by atoms with Crippen LogP contribution < -0.4 is 0 Å². The number of rotatable bonds is 3. The van der Waals surface area contributed by atoms with E-state index in [1.54, 1.807) is 0 Å². The molecule has 0 saturated heterocycles. The molecule has 0 aliphatic heterocycles. The molecule has 2 nitrogen and oxygen atoms in total. The molecule has 1 aromatic heterocycles. The van der Waals surface area contributed by atoms with Crippen LogP contribution in [0.3, 0.4) is 0 Å². The predicted molar refractivity (Wildman–Crippen MR) is 56.4 cm³/mol. The van der Waals surface area contributed by atoms with E-state index in [1.165, 1.54) is 32.1 Å². The molecule has 0 bridgehead atoms. The third-order valence-corrected chi connectivity index (χ3v) is 3.10. The van der Waals surface area contributed by atoms with Crippen LogP contribution in [0.5, 0.6) is 0 Å². The minimum atomic E-state index is 0.792. The van der Waals surface area contributed by atoms with Crippen LogP contribution in [0.1, 0.15) is 42.5 Å². The van der Waals surface area contributed by atoms with Gasteiger partial charge in [-0.25, -0.2) is 0 Å². The van der Waals surface area contributed by atoms with Crippen molar-refractivity contribution < 1.29 is 4.79 Å². The van der Waals surface area contributed by atoms with Crippen LogP contribution in [0, 0.1) is 5.92 Å². The van der Waals surface area contributed by atoms with Crippen LogP contribution in [-0.2, 0) is 6.54 Å². The summed E-state index contributed by atoms with van der Waals surface area (Å²) in [7, 11) is 0. The Morgan fingerprint density at radius 3 is 2.79 bits per heavy atom. The first-order valence-corrected chi connectivity index (χ1v) is 5.49. The van der Waals surface area contributed by atoms with E-state index in [0.717, 1.165) is 24.3 Å². The van der Waals surface area contributed by atoms with Crippen LogP contribution >= 0.6 is 0 Å². The highest BCUT2D eigenvalue weighted by Gasteiger charge is 2.13. The van der Waals surface area contributed by atoms with E-state index in [0.29, 0.717) is 0 Å². The number of hydrogen-bond donors (Lipinski definition) is 0. The van der Waals surface area contributed by atoms with Gasteiger partial charge in [0.05, 0.1) is 0 Å². The fourth-order valence-electron chi connectivity index (χ4n) is 2.31. The summed E-state index contributed by atoms with van der Waals surface area (Å²) < 4.78 is 2.15. The summed E-state index contributed by atoms with van der Waals surface area (Å²) in [5, 5.41) is 0. The SMILES string of the molecule is O=Cc1ccn(CC2CCCCC2)c1. The monoisotopic (exact) mass is 191 g/mol. The summed E-state index contributed by atoms with van der Waals surface area (Å²) in [6.07, 6.45) is 11.8. The molecule has 0 N–H and O–H groups in total. The molecule has 76 valence electrons. The Hall–Kier alpha value is -1.05. The molecule has 1 aromatic rings. The van der Waals surface area contributed by atoms with Crippen LogP contribution in [0.4, 0.5) is 0 Å².